The lowest BCUT2D eigenvalue weighted by atomic mass is 10.1. The summed E-state index contributed by atoms with van der Waals surface area (Å²) in [7, 11) is 0. The molecule has 5 nitrogen and oxygen atoms in total. The third kappa shape index (κ3) is 4.38. The van der Waals surface area contributed by atoms with Crippen LogP contribution in [0.5, 0.6) is 5.75 Å². The zero-order valence-electron chi connectivity index (χ0n) is 10.6. The Bertz CT molecular complexity index is 514. The molecule has 0 spiro atoms. The van der Waals surface area contributed by atoms with E-state index in [4.69, 9.17) is 16.3 Å². The predicted molar refractivity (Wildman–Crippen MR) is 78.8 cm³/mol. The quantitative estimate of drug-likeness (QED) is 0.860. The minimum atomic E-state index is -0.231. The zero-order valence-corrected chi connectivity index (χ0v) is 13.0. The number of nitrogens with one attached hydrogen (secondary N) is 2. The summed E-state index contributed by atoms with van der Waals surface area (Å²) in [4.78, 5) is 22.7. The van der Waals surface area contributed by atoms with Crippen molar-refractivity contribution >= 4 is 39.3 Å². The summed E-state index contributed by atoms with van der Waals surface area (Å²) < 4.78 is 6.21. The van der Waals surface area contributed by atoms with Gasteiger partial charge in [0.05, 0.1) is 5.02 Å². The number of halogens is 2. The maximum absolute atomic E-state index is 11.7. The Labute approximate surface area is 130 Å². The van der Waals surface area contributed by atoms with Crippen LogP contribution in [0, 0.1) is 0 Å². The monoisotopic (exact) mass is 360 g/mol. The number of hydrogen-bond acceptors (Lipinski definition) is 3. The van der Waals surface area contributed by atoms with Gasteiger partial charge in [0, 0.05) is 23.5 Å². The molecule has 0 aromatic heterocycles. The van der Waals surface area contributed by atoms with Crippen molar-refractivity contribution in [3.63, 3.8) is 0 Å². The number of carbonyl (C=O) groups is 2. The number of benzene rings is 1. The van der Waals surface area contributed by atoms with Gasteiger partial charge in [-0.25, -0.2) is 0 Å². The average molecular weight is 362 g/mol. The molecular formula is C13H14BrClN2O3. The Hall–Kier alpha value is -1.27. The van der Waals surface area contributed by atoms with Crippen molar-refractivity contribution in [1.82, 2.24) is 10.6 Å². The third-order valence-corrected chi connectivity index (χ3v) is 3.67. The van der Waals surface area contributed by atoms with Gasteiger partial charge in [0.1, 0.15) is 5.75 Å². The standard InChI is InChI=1S/C13H14BrClN2O3/c14-8-1-3-11(10(15)5-8)20-7-13(19)17-9-2-4-12(18)16-6-9/h1,3,5,9H,2,4,6-7H2,(H,16,18)(H,17,19). The van der Waals surface area contributed by atoms with Gasteiger partial charge in [-0.1, -0.05) is 27.5 Å². The first kappa shape index (κ1) is 15.1. The fourth-order valence-electron chi connectivity index (χ4n) is 1.86. The van der Waals surface area contributed by atoms with Gasteiger partial charge in [-0.2, -0.15) is 0 Å². The van der Waals surface area contributed by atoms with Crippen LogP contribution in [0.25, 0.3) is 0 Å². The SMILES string of the molecule is O=C1CCC(NC(=O)COc2ccc(Br)cc2Cl)CN1. The van der Waals surface area contributed by atoms with Gasteiger partial charge in [-0.15, -0.1) is 0 Å². The number of piperidine rings is 1. The highest BCUT2D eigenvalue weighted by Gasteiger charge is 2.19. The molecule has 1 aromatic rings. The lowest BCUT2D eigenvalue weighted by Crippen LogP contribution is -2.48. The van der Waals surface area contributed by atoms with E-state index < -0.39 is 0 Å². The van der Waals surface area contributed by atoms with Crippen molar-refractivity contribution in [1.29, 1.82) is 0 Å². The molecule has 2 rings (SSSR count). The summed E-state index contributed by atoms with van der Waals surface area (Å²) in [5.74, 6) is 0.250. The Morgan fingerprint density at radius 2 is 2.35 bits per heavy atom. The Balaban J connectivity index is 1.78. The smallest absolute Gasteiger partial charge is 0.258 e. The van der Waals surface area contributed by atoms with Crippen molar-refractivity contribution in [3.05, 3.63) is 27.7 Å². The van der Waals surface area contributed by atoms with Gasteiger partial charge >= 0.3 is 0 Å². The zero-order chi connectivity index (χ0) is 14.5. The molecule has 7 heteroatoms. The van der Waals surface area contributed by atoms with E-state index in [1.807, 2.05) is 0 Å². The van der Waals surface area contributed by atoms with E-state index in [0.717, 1.165) is 4.47 Å². The molecule has 2 N–H and O–H groups in total. The van der Waals surface area contributed by atoms with Gasteiger partial charge in [0.2, 0.25) is 5.91 Å². The van der Waals surface area contributed by atoms with Gasteiger partial charge in [-0.3, -0.25) is 9.59 Å². The van der Waals surface area contributed by atoms with Crippen LogP contribution in [-0.2, 0) is 9.59 Å². The van der Waals surface area contributed by atoms with Gasteiger partial charge in [0.15, 0.2) is 6.61 Å². The molecule has 0 aliphatic carbocycles. The molecular weight excluding hydrogens is 348 g/mol. The Morgan fingerprint density at radius 1 is 1.55 bits per heavy atom. The summed E-state index contributed by atoms with van der Waals surface area (Å²) in [5.41, 5.74) is 0. The Kier molecular flexibility index (Phi) is 5.25. The largest absolute Gasteiger partial charge is 0.482 e. The first-order valence-corrected chi connectivity index (χ1v) is 7.35. The molecule has 1 saturated heterocycles. The molecule has 1 unspecified atom stereocenters. The predicted octanol–water partition coefficient (Wildman–Crippen LogP) is 1.88. The average Bonchev–Trinajstić information content (AvgIpc) is 2.40. The highest BCUT2D eigenvalue weighted by atomic mass is 79.9. The minimum Gasteiger partial charge on any atom is -0.482 e. The van der Waals surface area contributed by atoms with Gasteiger partial charge < -0.3 is 15.4 Å². The van der Waals surface area contributed by atoms with E-state index >= 15 is 0 Å². The Morgan fingerprint density at radius 3 is 3.00 bits per heavy atom. The maximum atomic E-state index is 11.7. The van der Waals surface area contributed by atoms with Crippen molar-refractivity contribution in [2.45, 2.75) is 18.9 Å². The molecule has 108 valence electrons. The summed E-state index contributed by atoms with van der Waals surface area (Å²) >= 11 is 9.28. The fraction of sp³-hybridized carbons (Fsp3) is 0.385. The topological polar surface area (TPSA) is 67.4 Å². The molecule has 20 heavy (non-hydrogen) atoms. The van der Waals surface area contributed by atoms with Crippen LogP contribution in [0.3, 0.4) is 0 Å². The highest BCUT2D eigenvalue weighted by Crippen LogP contribution is 2.27. The van der Waals surface area contributed by atoms with Crippen LogP contribution in [0.4, 0.5) is 0 Å². The van der Waals surface area contributed by atoms with Crippen LogP contribution in [0.2, 0.25) is 5.02 Å². The molecule has 0 bridgehead atoms. The van der Waals surface area contributed by atoms with E-state index in [2.05, 4.69) is 26.6 Å². The second-order valence-corrected chi connectivity index (χ2v) is 5.79. The normalized spacial score (nSPS) is 18.3. The molecule has 1 aliphatic rings. The second kappa shape index (κ2) is 6.95. The lowest BCUT2D eigenvalue weighted by molar-refractivity contribution is -0.126. The molecule has 1 heterocycles. The molecule has 2 amide bonds. The van der Waals surface area contributed by atoms with Crippen molar-refractivity contribution in [2.24, 2.45) is 0 Å². The number of hydrogen-bond donors (Lipinski definition) is 2. The van der Waals surface area contributed by atoms with Crippen molar-refractivity contribution < 1.29 is 14.3 Å². The van der Waals surface area contributed by atoms with Crippen molar-refractivity contribution in [2.75, 3.05) is 13.2 Å². The van der Waals surface area contributed by atoms with Crippen LogP contribution >= 0.6 is 27.5 Å². The maximum Gasteiger partial charge on any atom is 0.258 e. The molecule has 1 aliphatic heterocycles. The lowest BCUT2D eigenvalue weighted by Gasteiger charge is -2.23. The second-order valence-electron chi connectivity index (χ2n) is 4.47. The molecule has 1 atom stereocenters. The minimum absolute atomic E-state index is 0.0217. The van der Waals surface area contributed by atoms with Crippen LogP contribution in [0.15, 0.2) is 22.7 Å². The van der Waals surface area contributed by atoms with E-state index in [1.54, 1.807) is 18.2 Å². The number of amides is 2. The number of ether oxygens (including phenoxy) is 1. The van der Waals surface area contributed by atoms with Crippen molar-refractivity contribution in [3.8, 4) is 5.75 Å². The molecule has 1 aromatic carbocycles. The van der Waals surface area contributed by atoms with Gasteiger partial charge in [-0.05, 0) is 24.6 Å². The summed E-state index contributed by atoms with van der Waals surface area (Å²) in [6, 6.07) is 5.14. The summed E-state index contributed by atoms with van der Waals surface area (Å²) in [5, 5.41) is 5.96. The van der Waals surface area contributed by atoms with Gasteiger partial charge in [0.25, 0.3) is 5.91 Å². The highest BCUT2D eigenvalue weighted by molar-refractivity contribution is 9.10. The summed E-state index contributed by atoms with van der Waals surface area (Å²) in [6.45, 7) is 0.357. The van der Waals surface area contributed by atoms with Crippen LogP contribution in [0.1, 0.15) is 12.8 Å². The fourth-order valence-corrected chi connectivity index (χ4v) is 2.59. The number of carbonyl (C=O) groups excluding carboxylic acids is 2. The first-order valence-electron chi connectivity index (χ1n) is 6.18. The molecule has 0 radical (unpaired) electrons. The van der Waals surface area contributed by atoms with E-state index in [1.165, 1.54) is 0 Å². The molecule has 1 fully saturated rings. The van der Waals surface area contributed by atoms with Crippen LogP contribution < -0.4 is 15.4 Å². The van der Waals surface area contributed by atoms with E-state index in [-0.39, 0.29) is 24.5 Å². The summed E-state index contributed by atoms with van der Waals surface area (Å²) in [6.07, 6.45) is 1.08. The van der Waals surface area contributed by atoms with Crippen LogP contribution in [-0.4, -0.2) is 31.0 Å². The van der Waals surface area contributed by atoms with E-state index in [0.29, 0.717) is 30.2 Å². The molecule has 0 saturated carbocycles. The third-order valence-electron chi connectivity index (χ3n) is 2.88. The first-order chi connectivity index (χ1) is 9.54. The van der Waals surface area contributed by atoms with E-state index in [9.17, 15) is 9.59 Å². The number of rotatable bonds is 4.